The molecular formula is C19H16Cl2N2O4. The first-order chi connectivity index (χ1) is 12.9. The van der Waals surface area contributed by atoms with Gasteiger partial charge in [0.1, 0.15) is 0 Å². The fourth-order valence-electron chi connectivity index (χ4n) is 2.29. The number of carbonyl (C=O) groups is 3. The van der Waals surface area contributed by atoms with Crippen LogP contribution in [0.4, 0.5) is 11.4 Å². The fourth-order valence-corrected chi connectivity index (χ4v) is 2.78. The van der Waals surface area contributed by atoms with Crippen molar-refractivity contribution in [3.8, 4) is 0 Å². The predicted octanol–water partition coefficient (Wildman–Crippen LogP) is 4.14. The Morgan fingerprint density at radius 3 is 2.19 bits per heavy atom. The van der Waals surface area contributed by atoms with Gasteiger partial charge in [0.2, 0.25) is 5.91 Å². The molecule has 2 amide bonds. The largest absolute Gasteiger partial charge is 0.452 e. The Balaban J connectivity index is 1.51. The minimum absolute atomic E-state index is 0.0137. The zero-order valence-corrected chi connectivity index (χ0v) is 15.6. The monoisotopic (exact) mass is 406 g/mol. The molecule has 27 heavy (non-hydrogen) atoms. The van der Waals surface area contributed by atoms with E-state index in [9.17, 15) is 14.4 Å². The Kier molecular flexibility index (Phi) is 5.98. The molecule has 1 aliphatic carbocycles. The van der Waals surface area contributed by atoms with Gasteiger partial charge >= 0.3 is 5.97 Å². The molecule has 3 rings (SSSR count). The summed E-state index contributed by atoms with van der Waals surface area (Å²) in [6.07, 6.45) is 1.83. The van der Waals surface area contributed by atoms with Crippen molar-refractivity contribution in [3.63, 3.8) is 0 Å². The smallest absolute Gasteiger partial charge is 0.338 e. The van der Waals surface area contributed by atoms with E-state index in [0.717, 1.165) is 12.8 Å². The maximum Gasteiger partial charge on any atom is 0.338 e. The highest BCUT2D eigenvalue weighted by atomic mass is 35.5. The minimum Gasteiger partial charge on any atom is -0.452 e. The number of para-hydroxylation sites is 1. The number of benzene rings is 2. The van der Waals surface area contributed by atoms with Crippen molar-refractivity contribution in [2.75, 3.05) is 17.2 Å². The molecule has 0 bridgehead atoms. The van der Waals surface area contributed by atoms with Crippen LogP contribution < -0.4 is 10.6 Å². The molecule has 2 aromatic rings. The van der Waals surface area contributed by atoms with Gasteiger partial charge in [-0.15, -0.1) is 0 Å². The van der Waals surface area contributed by atoms with Crippen molar-refractivity contribution in [3.05, 3.63) is 58.1 Å². The van der Waals surface area contributed by atoms with Crippen LogP contribution >= 0.6 is 23.2 Å². The van der Waals surface area contributed by atoms with E-state index in [0.29, 0.717) is 5.69 Å². The number of halogens is 2. The molecular weight excluding hydrogens is 391 g/mol. The number of nitrogens with one attached hydrogen (secondary N) is 2. The number of hydrogen-bond acceptors (Lipinski definition) is 4. The van der Waals surface area contributed by atoms with Gasteiger partial charge in [0.25, 0.3) is 5.91 Å². The van der Waals surface area contributed by atoms with E-state index >= 15 is 0 Å². The molecule has 6 nitrogen and oxygen atoms in total. The molecule has 2 N–H and O–H groups in total. The Morgan fingerprint density at radius 1 is 0.963 bits per heavy atom. The van der Waals surface area contributed by atoms with Crippen LogP contribution in [0.2, 0.25) is 10.0 Å². The molecule has 0 spiro atoms. The van der Waals surface area contributed by atoms with Crippen molar-refractivity contribution in [1.29, 1.82) is 0 Å². The molecule has 0 saturated heterocycles. The summed E-state index contributed by atoms with van der Waals surface area (Å²) in [7, 11) is 0. The van der Waals surface area contributed by atoms with Crippen LogP contribution in [-0.4, -0.2) is 24.4 Å². The summed E-state index contributed by atoms with van der Waals surface area (Å²) in [4.78, 5) is 35.7. The van der Waals surface area contributed by atoms with E-state index in [1.165, 1.54) is 12.1 Å². The second-order valence-electron chi connectivity index (χ2n) is 6.06. The summed E-state index contributed by atoms with van der Waals surface area (Å²) in [6.45, 7) is -0.486. The molecule has 0 unspecified atom stereocenters. The van der Waals surface area contributed by atoms with Crippen LogP contribution in [0.15, 0.2) is 42.5 Å². The molecule has 0 aliphatic heterocycles. The summed E-state index contributed by atoms with van der Waals surface area (Å²) >= 11 is 11.9. The van der Waals surface area contributed by atoms with E-state index < -0.39 is 18.5 Å². The van der Waals surface area contributed by atoms with Crippen LogP contribution in [0.25, 0.3) is 0 Å². The zero-order chi connectivity index (χ0) is 19.4. The van der Waals surface area contributed by atoms with E-state index in [1.807, 2.05) is 0 Å². The SMILES string of the molecule is O=C(COC(=O)c1ccc(NC(=O)C2CC2)cc1)Nc1c(Cl)cccc1Cl. The Hall–Kier alpha value is -2.57. The average molecular weight is 407 g/mol. The second-order valence-corrected chi connectivity index (χ2v) is 6.88. The molecule has 0 heterocycles. The van der Waals surface area contributed by atoms with Crippen molar-refractivity contribution in [2.24, 2.45) is 5.92 Å². The van der Waals surface area contributed by atoms with Crippen LogP contribution in [0.1, 0.15) is 23.2 Å². The molecule has 0 aromatic heterocycles. The topological polar surface area (TPSA) is 84.5 Å². The van der Waals surface area contributed by atoms with Gasteiger partial charge in [0, 0.05) is 11.6 Å². The molecule has 1 fully saturated rings. The first-order valence-electron chi connectivity index (χ1n) is 8.26. The Morgan fingerprint density at radius 2 is 1.59 bits per heavy atom. The molecule has 1 saturated carbocycles. The Labute approximate surface area is 165 Å². The third-order valence-electron chi connectivity index (χ3n) is 3.90. The molecule has 0 atom stereocenters. The molecule has 2 aromatic carbocycles. The first-order valence-corrected chi connectivity index (χ1v) is 9.01. The van der Waals surface area contributed by atoms with Gasteiger partial charge < -0.3 is 15.4 Å². The van der Waals surface area contributed by atoms with Gasteiger partial charge in [-0.3, -0.25) is 9.59 Å². The molecule has 8 heteroatoms. The van der Waals surface area contributed by atoms with Crippen LogP contribution in [0, 0.1) is 5.92 Å². The summed E-state index contributed by atoms with van der Waals surface area (Å²) in [5.74, 6) is -1.14. The lowest BCUT2D eigenvalue weighted by molar-refractivity contribution is -0.119. The van der Waals surface area contributed by atoms with Gasteiger partial charge in [-0.1, -0.05) is 29.3 Å². The Bertz CT molecular complexity index is 860. The number of hydrogen-bond donors (Lipinski definition) is 2. The van der Waals surface area contributed by atoms with Crippen molar-refractivity contribution >= 4 is 52.4 Å². The zero-order valence-electron chi connectivity index (χ0n) is 14.1. The summed E-state index contributed by atoms with van der Waals surface area (Å²) in [6, 6.07) is 11.1. The molecule has 140 valence electrons. The number of esters is 1. The molecule has 1 aliphatic rings. The maximum atomic E-state index is 12.0. The lowest BCUT2D eigenvalue weighted by atomic mass is 10.2. The number of carbonyl (C=O) groups excluding carboxylic acids is 3. The van der Waals surface area contributed by atoms with Crippen LogP contribution in [-0.2, 0) is 14.3 Å². The van der Waals surface area contributed by atoms with Crippen LogP contribution in [0.3, 0.4) is 0 Å². The third-order valence-corrected chi connectivity index (χ3v) is 4.53. The first kappa shape index (κ1) is 19.2. The molecule has 0 radical (unpaired) electrons. The highest BCUT2D eigenvalue weighted by Crippen LogP contribution is 2.30. The number of rotatable bonds is 6. The summed E-state index contributed by atoms with van der Waals surface area (Å²) in [5.41, 5.74) is 1.13. The minimum atomic E-state index is -0.657. The van der Waals surface area contributed by atoms with Gasteiger partial charge in [-0.05, 0) is 49.2 Å². The predicted molar refractivity (Wildman–Crippen MR) is 103 cm³/mol. The second kappa shape index (κ2) is 8.41. The standard InChI is InChI=1S/C19H16Cl2N2O4/c20-14-2-1-3-15(21)17(14)23-16(24)10-27-19(26)12-6-8-13(9-7-12)22-18(25)11-4-5-11/h1-3,6-9,11H,4-5,10H2,(H,22,25)(H,23,24). The van der Waals surface area contributed by atoms with E-state index in [4.69, 9.17) is 27.9 Å². The van der Waals surface area contributed by atoms with Crippen molar-refractivity contribution < 1.29 is 19.1 Å². The van der Waals surface area contributed by atoms with Gasteiger partial charge in [0.05, 0.1) is 21.3 Å². The number of anilines is 2. The average Bonchev–Trinajstić information content (AvgIpc) is 3.49. The van der Waals surface area contributed by atoms with Crippen LogP contribution in [0.5, 0.6) is 0 Å². The summed E-state index contributed by atoms with van der Waals surface area (Å²) in [5, 5.41) is 5.85. The lowest BCUT2D eigenvalue weighted by Gasteiger charge is -2.10. The number of ether oxygens (including phenoxy) is 1. The normalized spacial score (nSPS) is 13.0. The highest BCUT2D eigenvalue weighted by molar-refractivity contribution is 6.39. The van der Waals surface area contributed by atoms with Crippen molar-refractivity contribution in [1.82, 2.24) is 0 Å². The van der Waals surface area contributed by atoms with Crippen molar-refractivity contribution in [2.45, 2.75) is 12.8 Å². The van der Waals surface area contributed by atoms with Gasteiger partial charge in [0.15, 0.2) is 6.61 Å². The maximum absolute atomic E-state index is 12.0. The highest BCUT2D eigenvalue weighted by Gasteiger charge is 2.29. The number of amides is 2. The lowest BCUT2D eigenvalue weighted by Crippen LogP contribution is -2.21. The third kappa shape index (κ3) is 5.21. The van der Waals surface area contributed by atoms with Gasteiger partial charge in [-0.25, -0.2) is 4.79 Å². The fraction of sp³-hybridized carbons (Fsp3) is 0.211. The quantitative estimate of drug-likeness (QED) is 0.705. The van der Waals surface area contributed by atoms with Gasteiger partial charge in [-0.2, -0.15) is 0 Å². The van der Waals surface area contributed by atoms with E-state index in [2.05, 4.69) is 10.6 Å². The van der Waals surface area contributed by atoms with E-state index in [1.54, 1.807) is 30.3 Å². The van der Waals surface area contributed by atoms with E-state index in [-0.39, 0.29) is 33.1 Å². The summed E-state index contributed by atoms with van der Waals surface area (Å²) < 4.78 is 4.99.